The quantitative estimate of drug-likeness (QED) is 0.0999. The fraction of sp³-hybridized carbons (Fsp3) is 0.373. The maximum absolute atomic E-state index is 16.1. The Bertz CT molecular complexity index is 2640. The molecule has 0 saturated carbocycles. The third-order valence-corrected chi connectivity index (χ3v) is 14.1. The van der Waals surface area contributed by atoms with Gasteiger partial charge >= 0.3 is 6.09 Å². The van der Waals surface area contributed by atoms with E-state index in [-0.39, 0.29) is 41.7 Å². The molecule has 8 rings (SSSR count). The number of hydrogen-bond acceptors (Lipinski definition) is 11. The van der Waals surface area contributed by atoms with Gasteiger partial charge in [-0.25, -0.2) is 13.2 Å². The van der Waals surface area contributed by atoms with Crippen molar-refractivity contribution in [1.82, 2.24) is 34.7 Å². The molecule has 1 N–H and O–H groups in total. The van der Waals surface area contributed by atoms with E-state index in [0.29, 0.717) is 54.2 Å². The molecule has 5 aromatic carbocycles. The molecule has 3 heterocycles. The second-order valence-corrected chi connectivity index (χ2v) is 19.9. The van der Waals surface area contributed by atoms with Crippen molar-refractivity contribution in [2.24, 2.45) is 5.92 Å². The first-order chi connectivity index (χ1) is 31.8. The lowest BCUT2D eigenvalue weighted by Crippen LogP contribution is -2.50. The fourth-order valence-electron chi connectivity index (χ4n) is 8.57. The maximum atomic E-state index is 16.1. The van der Waals surface area contributed by atoms with Crippen LogP contribution in [0.3, 0.4) is 0 Å². The standard InChI is InChI=1S/C51H59N7O7S/c1-51(2,3)65-50(59)56-33-42(34-56)39-13-15-40(16-14-39)46-24-17-41(29-35-25-27-52-28-26-35)48(47(46)49-53-55-58(54-49)32-38-11-22-45(64-6)23-12-38)66(60,61)57(30-36-7-18-43(62-4)19-8-36)31-37-9-20-44(63-5)21-10-37/h7-24,35,42,52H,25-34H2,1-6H3. The van der Waals surface area contributed by atoms with Gasteiger partial charge in [0.05, 0.1) is 38.3 Å². The van der Waals surface area contributed by atoms with Gasteiger partial charge in [0, 0.05) is 32.1 Å². The van der Waals surface area contributed by atoms with Crippen molar-refractivity contribution in [1.29, 1.82) is 0 Å². The summed E-state index contributed by atoms with van der Waals surface area (Å²) in [6.45, 7) is 8.89. The number of nitrogens with zero attached hydrogens (tertiary/aromatic N) is 6. The van der Waals surface area contributed by atoms with E-state index < -0.39 is 15.6 Å². The molecule has 0 unspecified atom stereocenters. The molecular formula is C51H59N7O7S. The first kappa shape index (κ1) is 46.2. The molecule has 346 valence electrons. The van der Waals surface area contributed by atoms with Crippen molar-refractivity contribution in [3.63, 3.8) is 0 Å². The van der Waals surface area contributed by atoms with Gasteiger partial charge in [0.1, 0.15) is 22.8 Å². The molecule has 2 aliphatic heterocycles. The zero-order chi connectivity index (χ0) is 46.4. The number of aromatic nitrogens is 4. The summed E-state index contributed by atoms with van der Waals surface area (Å²) in [6.07, 6.45) is 2.07. The van der Waals surface area contributed by atoms with E-state index >= 15 is 8.42 Å². The normalized spacial score (nSPS) is 14.8. The summed E-state index contributed by atoms with van der Waals surface area (Å²) in [7, 11) is 0.493. The molecule has 1 amide bonds. The van der Waals surface area contributed by atoms with Crippen molar-refractivity contribution in [3.05, 3.63) is 137 Å². The number of carbonyl (C=O) groups excluding carboxylic acids is 1. The number of benzene rings is 5. The minimum atomic E-state index is -4.35. The molecule has 15 heteroatoms. The average molecular weight is 914 g/mol. The van der Waals surface area contributed by atoms with Crippen molar-refractivity contribution in [2.75, 3.05) is 47.5 Å². The zero-order valence-corrected chi connectivity index (χ0v) is 39.4. The fourth-order valence-corrected chi connectivity index (χ4v) is 10.4. The molecule has 66 heavy (non-hydrogen) atoms. The number of ether oxygens (including phenoxy) is 4. The largest absolute Gasteiger partial charge is 0.497 e. The molecule has 0 radical (unpaired) electrons. The number of piperidine rings is 1. The third-order valence-electron chi connectivity index (χ3n) is 12.2. The molecule has 0 spiro atoms. The van der Waals surface area contributed by atoms with Crippen LogP contribution in [-0.2, 0) is 40.8 Å². The second-order valence-electron chi connectivity index (χ2n) is 18.0. The second kappa shape index (κ2) is 20.1. The van der Waals surface area contributed by atoms with Gasteiger partial charge in [0.2, 0.25) is 15.8 Å². The van der Waals surface area contributed by atoms with E-state index in [1.54, 1.807) is 30.5 Å². The van der Waals surface area contributed by atoms with E-state index in [2.05, 4.69) is 27.8 Å². The SMILES string of the molecule is COc1ccc(CN(Cc2ccc(OC)cc2)S(=O)(=O)c2c(CC3CCNCC3)ccc(-c3ccc(C4CN(C(=O)OC(C)(C)C)C4)cc3)c2-c2nnn(Cc3ccc(OC)cc3)n2)cc1. The van der Waals surface area contributed by atoms with E-state index in [1.807, 2.05) is 118 Å². The number of sulfonamides is 1. The number of carbonyl (C=O) groups is 1. The smallest absolute Gasteiger partial charge is 0.410 e. The molecule has 0 atom stereocenters. The predicted octanol–water partition coefficient (Wildman–Crippen LogP) is 8.35. The monoisotopic (exact) mass is 913 g/mol. The number of rotatable bonds is 16. The van der Waals surface area contributed by atoms with Crippen molar-refractivity contribution >= 4 is 16.1 Å². The number of tetrazole rings is 1. The van der Waals surface area contributed by atoms with Crippen LogP contribution in [0.1, 0.15) is 67.3 Å². The van der Waals surface area contributed by atoms with Gasteiger partial charge in [-0.3, -0.25) is 0 Å². The van der Waals surface area contributed by atoms with Gasteiger partial charge in [0.15, 0.2) is 0 Å². The summed E-state index contributed by atoms with van der Waals surface area (Å²) in [5.41, 5.74) is 5.58. The highest BCUT2D eigenvalue weighted by Crippen LogP contribution is 2.42. The van der Waals surface area contributed by atoms with Gasteiger partial charge in [0.25, 0.3) is 0 Å². The predicted molar refractivity (Wildman–Crippen MR) is 253 cm³/mol. The van der Waals surface area contributed by atoms with Crippen LogP contribution in [-0.4, -0.2) is 97.0 Å². The minimum absolute atomic E-state index is 0.0861. The highest BCUT2D eigenvalue weighted by atomic mass is 32.2. The van der Waals surface area contributed by atoms with Crippen LogP contribution in [0.4, 0.5) is 4.79 Å². The van der Waals surface area contributed by atoms with Gasteiger partial charge in [-0.15, -0.1) is 10.2 Å². The van der Waals surface area contributed by atoms with Crippen LogP contribution < -0.4 is 19.5 Å². The molecule has 2 saturated heterocycles. The van der Waals surface area contributed by atoms with Crippen LogP contribution in [0.2, 0.25) is 0 Å². The third kappa shape index (κ3) is 10.9. The Kier molecular flexibility index (Phi) is 14.1. The van der Waals surface area contributed by atoms with Crippen molar-refractivity contribution in [2.45, 2.75) is 76.1 Å². The van der Waals surface area contributed by atoms with E-state index in [1.165, 1.54) is 4.80 Å². The lowest BCUT2D eigenvalue weighted by molar-refractivity contribution is 0.00818. The Labute approximate surface area is 387 Å². The van der Waals surface area contributed by atoms with E-state index in [4.69, 9.17) is 24.0 Å². The van der Waals surface area contributed by atoms with E-state index in [9.17, 15) is 4.79 Å². The Morgan fingerprint density at radius 3 is 1.82 bits per heavy atom. The number of nitrogens with one attached hydrogen (secondary N) is 1. The molecule has 6 aromatic rings. The maximum Gasteiger partial charge on any atom is 0.410 e. The summed E-state index contributed by atoms with van der Waals surface area (Å²) in [5.74, 6) is 2.68. The molecular weight excluding hydrogens is 855 g/mol. The zero-order valence-electron chi connectivity index (χ0n) is 38.6. The summed E-state index contributed by atoms with van der Waals surface area (Å²) in [6, 6.07) is 34.7. The Hall–Kier alpha value is -6.29. The number of amides is 1. The van der Waals surface area contributed by atoms with Crippen LogP contribution in [0.15, 0.2) is 114 Å². The summed E-state index contributed by atoms with van der Waals surface area (Å²) >= 11 is 0. The van der Waals surface area contributed by atoms with Gasteiger partial charge in [-0.05, 0) is 140 Å². The molecule has 1 aromatic heterocycles. The summed E-state index contributed by atoms with van der Waals surface area (Å²) < 4.78 is 55.6. The molecule has 2 fully saturated rings. The van der Waals surface area contributed by atoms with Crippen molar-refractivity contribution in [3.8, 4) is 39.8 Å². The number of methoxy groups -OCH3 is 3. The van der Waals surface area contributed by atoms with Crippen LogP contribution in [0.25, 0.3) is 22.5 Å². The molecule has 0 aliphatic carbocycles. The number of likely N-dealkylation sites (tertiary alicyclic amines) is 1. The average Bonchev–Trinajstić information content (AvgIpc) is 3.77. The minimum Gasteiger partial charge on any atom is -0.497 e. The topological polar surface area (TPSA) is 150 Å². The van der Waals surface area contributed by atoms with Gasteiger partial charge in [-0.2, -0.15) is 9.10 Å². The van der Waals surface area contributed by atoms with Crippen molar-refractivity contribution < 1.29 is 32.2 Å². The van der Waals surface area contributed by atoms with Gasteiger partial charge < -0.3 is 29.2 Å². The number of hydrogen-bond donors (Lipinski definition) is 1. The lowest BCUT2D eigenvalue weighted by Gasteiger charge is -2.40. The van der Waals surface area contributed by atoms with Crippen LogP contribution in [0, 0.1) is 5.92 Å². The summed E-state index contributed by atoms with van der Waals surface area (Å²) in [5, 5.41) is 17.5. The molecule has 0 bridgehead atoms. The highest BCUT2D eigenvalue weighted by Gasteiger charge is 2.37. The first-order valence-electron chi connectivity index (χ1n) is 22.4. The Morgan fingerprint density at radius 2 is 1.29 bits per heavy atom. The lowest BCUT2D eigenvalue weighted by atomic mass is 9.87. The van der Waals surface area contributed by atoms with Crippen LogP contribution in [0.5, 0.6) is 17.2 Å². The highest BCUT2D eigenvalue weighted by molar-refractivity contribution is 7.89. The Morgan fingerprint density at radius 1 is 0.742 bits per heavy atom. The first-order valence-corrected chi connectivity index (χ1v) is 23.9. The molecule has 14 nitrogen and oxygen atoms in total. The molecule has 2 aliphatic rings. The van der Waals surface area contributed by atoms with Crippen LogP contribution >= 0.6 is 0 Å². The van der Waals surface area contributed by atoms with Gasteiger partial charge in [-0.1, -0.05) is 72.8 Å². The summed E-state index contributed by atoms with van der Waals surface area (Å²) in [4.78, 5) is 16.1. The van der Waals surface area contributed by atoms with E-state index in [0.717, 1.165) is 59.5 Å². The Balaban J connectivity index is 1.25.